The molecule has 0 aliphatic carbocycles. The van der Waals surface area contributed by atoms with Crippen LogP contribution in [0.25, 0.3) is 0 Å². The maximum atomic E-state index is 3.55. The molecule has 0 rings (SSSR count). The summed E-state index contributed by atoms with van der Waals surface area (Å²) in [5.74, 6) is 0. The molecule has 0 aromatic carbocycles. The van der Waals surface area contributed by atoms with E-state index in [0.29, 0.717) is 0 Å². The van der Waals surface area contributed by atoms with Gasteiger partial charge in [-0.3, -0.25) is 0 Å². The first-order chi connectivity index (χ1) is 3.81. The second kappa shape index (κ2) is 5.53. The topological polar surface area (TPSA) is 12.0 Å². The molecular weight excluding hydrogens is 130 g/mol. The Bertz CT molecular complexity index is 43.7. The molecule has 0 saturated carbocycles. The zero-order valence-corrected chi connectivity index (χ0v) is 9.61. The number of hydrogen-bond donors (Lipinski definition) is 1. The van der Waals surface area contributed by atoms with Crippen molar-refractivity contribution in [1.82, 2.24) is 4.98 Å². The molecule has 3 heteroatoms. The van der Waals surface area contributed by atoms with Crippen molar-refractivity contribution in [2.24, 2.45) is 0 Å². The molecule has 0 heterocycles. The third-order valence-electron chi connectivity index (χ3n) is 1.27. The van der Waals surface area contributed by atoms with Gasteiger partial charge in [-0.05, 0) is 12.5 Å². The molecule has 0 fully saturated rings. The summed E-state index contributed by atoms with van der Waals surface area (Å²) in [7, 11) is 1.66. The van der Waals surface area contributed by atoms with Gasteiger partial charge in [0.25, 0.3) is 0 Å². The van der Waals surface area contributed by atoms with Gasteiger partial charge >= 0.3 is 0 Å². The SMILES string of the molecule is CCCC(C)N[SiH2][SiH3]. The van der Waals surface area contributed by atoms with Gasteiger partial charge < -0.3 is 4.98 Å². The summed E-state index contributed by atoms with van der Waals surface area (Å²) in [5.41, 5.74) is 0. The Morgan fingerprint density at radius 3 is 2.75 bits per heavy atom. The van der Waals surface area contributed by atoms with Crippen molar-refractivity contribution >= 4 is 19.0 Å². The molecule has 0 spiro atoms. The molecule has 0 aromatic heterocycles. The second-order valence-corrected chi connectivity index (χ2v) is 5.48. The van der Waals surface area contributed by atoms with Crippen LogP contribution >= 0.6 is 0 Å². The van der Waals surface area contributed by atoms with E-state index >= 15 is 0 Å². The molecule has 0 aliphatic heterocycles. The Kier molecular flexibility index (Phi) is 5.80. The van der Waals surface area contributed by atoms with Gasteiger partial charge in [0.15, 0.2) is 0 Å². The van der Waals surface area contributed by atoms with Gasteiger partial charge in [-0.2, -0.15) is 0 Å². The Hall–Kier alpha value is 0.394. The first-order valence-corrected chi connectivity index (χ1v) is 9.91. The lowest BCUT2D eigenvalue weighted by atomic mass is 10.2. The summed E-state index contributed by atoms with van der Waals surface area (Å²) in [6.45, 7) is 4.53. The lowest BCUT2D eigenvalue weighted by molar-refractivity contribution is 0.610. The third kappa shape index (κ3) is 4.55. The highest BCUT2D eigenvalue weighted by molar-refractivity contribution is 6.87. The van der Waals surface area contributed by atoms with Crippen LogP contribution in [-0.2, 0) is 0 Å². The normalized spacial score (nSPS) is 15.8. The highest BCUT2D eigenvalue weighted by Gasteiger charge is 1.93. The lowest BCUT2D eigenvalue weighted by Gasteiger charge is -2.08. The standard InChI is InChI=1S/C5H17NSi2/c1-3-4-5(2)6-8-7/h5-6H,3-4,8H2,1-2,7H3. The van der Waals surface area contributed by atoms with Crippen molar-refractivity contribution in [3.05, 3.63) is 0 Å². The Morgan fingerprint density at radius 2 is 2.38 bits per heavy atom. The van der Waals surface area contributed by atoms with Crippen LogP contribution in [0, 0.1) is 0 Å². The fourth-order valence-electron chi connectivity index (χ4n) is 0.884. The van der Waals surface area contributed by atoms with Crippen LogP contribution in [0.3, 0.4) is 0 Å². The quantitative estimate of drug-likeness (QED) is 0.510. The molecular formula is C5H17NSi2. The molecule has 8 heavy (non-hydrogen) atoms. The fraction of sp³-hybridized carbons (Fsp3) is 1.00. The average Bonchev–Trinajstić information content (AvgIpc) is 1.68. The van der Waals surface area contributed by atoms with Gasteiger partial charge in [0, 0.05) is 9.76 Å². The second-order valence-electron chi connectivity index (χ2n) is 2.25. The van der Waals surface area contributed by atoms with Crippen molar-refractivity contribution in [2.45, 2.75) is 32.7 Å². The highest BCUT2D eigenvalue weighted by Crippen LogP contribution is 1.91. The minimum Gasteiger partial charge on any atom is -0.343 e. The van der Waals surface area contributed by atoms with Crippen molar-refractivity contribution in [3.63, 3.8) is 0 Å². The van der Waals surface area contributed by atoms with Crippen molar-refractivity contribution in [1.29, 1.82) is 0 Å². The summed E-state index contributed by atoms with van der Waals surface area (Å²) < 4.78 is 0. The molecule has 0 amide bonds. The van der Waals surface area contributed by atoms with E-state index in [1.165, 1.54) is 22.6 Å². The molecule has 0 bridgehead atoms. The van der Waals surface area contributed by atoms with E-state index in [4.69, 9.17) is 0 Å². The predicted molar refractivity (Wildman–Crippen MR) is 46.0 cm³/mol. The molecule has 1 N–H and O–H groups in total. The minimum atomic E-state index is 0.235. The van der Waals surface area contributed by atoms with E-state index in [1.54, 1.807) is 0 Å². The maximum Gasteiger partial charge on any atom is 0.0724 e. The van der Waals surface area contributed by atoms with E-state index in [-0.39, 0.29) is 9.20 Å². The summed E-state index contributed by atoms with van der Waals surface area (Å²) >= 11 is 0. The van der Waals surface area contributed by atoms with Gasteiger partial charge in [0.1, 0.15) is 0 Å². The van der Waals surface area contributed by atoms with E-state index in [1.807, 2.05) is 0 Å². The van der Waals surface area contributed by atoms with Crippen LogP contribution in [-0.4, -0.2) is 25.0 Å². The van der Waals surface area contributed by atoms with Crippen LogP contribution in [0.5, 0.6) is 0 Å². The van der Waals surface area contributed by atoms with Crippen LogP contribution in [0.15, 0.2) is 0 Å². The molecule has 50 valence electrons. The van der Waals surface area contributed by atoms with Crippen LogP contribution < -0.4 is 4.98 Å². The Morgan fingerprint density at radius 1 is 1.75 bits per heavy atom. The van der Waals surface area contributed by atoms with Crippen LogP contribution in [0.4, 0.5) is 0 Å². The highest BCUT2D eigenvalue weighted by atomic mass is 29.1. The monoisotopic (exact) mass is 147 g/mol. The van der Waals surface area contributed by atoms with Gasteiger partial charge in [0.05, 0.1) is 9.20 Å². The van der Waals surface area contributed by atoms with E-state index in [9.17, 15) is 0 Å². The first-order valence-electron chi connectivity index (χ1n) is 3.54. The summed E-state index contributed by atoms with van der Waals surface area (Å²) in [6.07, 6.45) is 2.68. The molecule has 1 unspecified atom stereocenters. The smallest absolute Gasteiger partial charge is 0.0724 e. The molecule has 1 atom stereocenters. The van der Waals surface area contributed by atoms with Gasteiger partial charge in [-0.1, -0.05) is 20.3 Å². The first kappa shape index (κ1) is 8.39. The van der Waals surface area contributed by atoms with Gasteiger partial charge in [-0.25, -0.2) is 0 Å². The zero-order valence-electron chi connectivity index (χ0n) is 6.20. The minimum absolute atomic E-state index is 0.235. The summed E-state index contributed by atoms with van der Waals surface area (Å²) in [6, 6.07) is 0.809. The zero-order chi connectivity index (χ0) is 6.41. The number of hydrogen-bond acceptors (Lipinski definition) is 1. The third-order valence-corrected chi connectivity index (χ3v) is 3.60. The Balaban J connectivity index is 2.92. The van der Waals surface area contributed by atoms with E-state index in [2.05, 4.69) is 18.8 Å². The fourth-order valence-corrected chi connectivity index (χ4v) is 3.88. The molecule has 0 radical (unpaired) electrons. The van der Waals surface area contributed by atoms with E-state index in [0.717, 1.165) is 6.04 Å². The van der Waals surface area contributed by atoms with Crippen molar-refractivity contribution in [2.75, 3.05) is 0 Å². The largest absolute Gasteiger partial charge is 0.343 e. The maximum absolute atomic E-state index is 3.55. The van der Waals surface area contributed by atoms with Gasteiger partial charge in [0.2, 0.25) is 0 Å². The summed E-state index contributed by atoms with van der Waals surface area (Å²) in [5, 5.41) is 0. The van der Waals surface area contributed by atoms with Gasteiger partial charge in [-0.15, -0.1) is 0 Å². The molecule has 0 aliphatic rings. The number of nitrogens with one attached hydrogen (secondary N) is 1. The molecule has 1 nitrogen and oxygen atoms in total. The molecule has 0 aromatic rings. The van der Waals surface area contributed by atoms with E-state index < -0.39 is 0 Å². The van der Waals surface area contributed by atoms with Crippen LogP contribution in [0.2, 0.25) is 0 Å². The Labute approximate surface area is 57.4 Å². The predicted octanol–water partition coefficient (Wildman–Crippen LogP) is -0.871. The lowest BCUT2D eigenvalue weighted by Crippen LogP contribution is -2.29. The van der Waals surface area contributed by atoms with Crippen molar-refractivity contribution in [3.8, 4) is 0 Å². The molecule has 0 saturated heterocycles. The van der Waals surface area contributed by atoms with Crippen LogP contribution in [0.1, 0.15) is 26.7 Å². The van der Waals surface area contributed by atoms with Crippen molar-refractivity contribution < 1.29 is 0 Å². The summed E-state index contributed by atoms with van der Waals surface area (Å²) in [4.78, 5) is 3.55. The average molecular weight is 147 g/mol. The number of rotatable bonds is 4.